The van der Waals surface area contributed by atoms with Crippen LogP contribution >= 0.6 is 0 Å². The van der Waals surface area contributed by atoms with Crippen molar-refractivity contribution in [3.63, 3.8) is 0 Å². The van der Waals surface area contributed by atoms with Crippen LogP contribution in [0.1, 0.15) is 75.3 Å². The van der Waals surface area contributed by atoms with Crippen molar-refractivity contribution in [2.24, 2.45) is 5.92 Å². The SMILES string of the molecule is O=C(N[C@H]1CCCCCC=C[C@@H]2C[C@@]2(C(=O)NS(=O)(=O)C2CC2)NC(=O)[C@@H]2C[C@@H](OC(=O)N3CCc4ccccc4C3)CN2C1=O)O[C@@H]1CCOC1. The maximum Gasteiger partial charge on any atom is 0.410 e. The Morgan fingerprint density at radius 3 is 2.56 bits per heavy atom. The summed E-state index contributed by atoms with van der Waals surface area (Å²) >= 11 is 0. The minimum absolute atomic E-state index is 0.0527. The van der Waals surface area contributed by atoms with E-state index >= 15 is 0 Å². The zero-order valence-electron chi connectivity index (χ0n) is 29.1. The predicted octanol–water partition coefficient (Wildman–Crippen LogP) is 2.04. The van der Waals surface area contributed by atoms with Gasteiger partial charge in [0.2, 0.25) is 21.8 Å². The molecule has 7 rings (SSSR count). The van der Waals surface area contributed by atoms with Crippen LogP contribution in [0.15, 0.2) is 36.4 Å². The summed E-state index contributed by atoms with van der Waals surface area (Å²) in [6.07, 6.45) is 6.52. The molecule has 0 radical (unpaired) electrons. The molecule has 2 saturated carbocycles. The number of ether oxygens (including phenoxy) is 3. The summed E-state index contributed by atoms with van der Waals surface area (Å²) in [4.78, 5) is 71.5. The average Bonchev–Trinajstić information content (AvgIpc) is 4.00. The van der Waals surface area contributed by atoms with Crippen LogP contribution in [0.5, 0.6) is 0 Å². The van der Waals surface area contributed by atoms with Crippen molar-refractivity contribution in [3.05, 3.63) is 47.5 Å². The third-order valence-electron chi connectivity index (χ3n) is 11.0. The molecule has 0 spiro atoms. The minimum atomic E-state index is -3.90. The number of sulfonamides is 1. The number of rotatable bonds is 6. The Labute approximate surface area is 303 Å². The molecule has 6 atom stereocenters. The maximum atomic E-state index is 14.4. The van der Waals surface area contributed by atoms with E-state index in [2.05, 4.69) is 15.4 Å². The number of carbonyl (C=O) groups is 5. The molecular formula is C36H47N5O10S. The molecular weight excluding hydrogens is 694 g/mol. The number of carbonyl (C=O) groups excluding carboxylic acids is 5. The Morgan fingerprint density at radius 1 is 0.981 bits per heavy atom. The zero-order valence-corrected chi connectivity index (χ0v) is 29.9. The molecule has 4 fully saturated rings. The van der Waals surface area contributed by atoms with Crippen molar-refractivity contribution >= 4 is 39.9 Å². The van der Waals surface area contributed by atoms with Crippen molar-refractivity contribution in [1.82, 2.24) is 25.2 Å². The van der Waals surface area contributed by atoms with E-state index in [1.54, 1.807) is 4.90 Å². The quantitative estimate of drug-likeness (QED) is 0.364. The molecule has 15 nitrogen and oxygen atoms in total. The Balaban J connectivity index is 1.12. The molecule has 1 aromatic rings. The van der Waals surface area contributed by atoms with Gasteiger partial charge in [-0.2, -0.15) is 0 Å². The van der Waals surface area contributed by atoms with Crippen molar-refractivity contribution < 1.29 is 46.6 Å². The second-order valence-electron chi connectivity index (χ2n) is 14.8. The molecule has 52 heavy (non-hydrogen) atoms. The molecule has 6 aliphatic rings. The minimum Gasteiger partial charge on any atom is -0.444 e. The number of hydrogen-bond acceptors (Lipinski definition) is 10. The summed E-state index contributed by atoms with van der Waals surface area (Å²) in [5.74, 6) is -2.47. The summed E-state index contributed by atoms with van der Waals surface area (Å²) in [5, 5.41) is 4.91. The van der Waals surface area contributed by atoms with Gasteiger partial charge in [0.05, 0.1) is 25.0 Å². The number of benzene rings is 1. The van der Waals surface area contributed by atoms with Crippen molar-refractivity contribution in [3.8, 4) is 0 Å². The summed E-state index contributed by atoms with van der Waals surface area (Å²) in [6.45, 7) is 1.43. The molecule has 1 aromatic carbocycles. The first kappa shape index (κ1) is 36.2. The predicted molar refractivity (Wildman–Crippen MR) is 185 cm³/mol. The van der Waals surface area contributed by atoms with Gasteiger partial charge in [-0.15, -0.1) is 0 Å². The van der Waals surface area contributed by atoms with Gasteiger partial charge >= 0.3 is 12.2 Å². The van der Waals surface area contributed by atoms with Gasteiger partial charge < -0.3 is 34.6 Å². The number of amides is 5. The van der Waals surface area contributed by atoms with Crippen LogP contribution in [0.2, 0.25) is 0 Å². The number of fused-ring (bicyclic) bond motifs is 3. The molecule has 3 N–H and O–H groups in total. The van der Waals surface area contributed by atoms with Crippen LogP contribution in [0.4, 0.5) is 9.59 Å². The lowest BCUT2D eigenvalue weighted by Crippen LogP contribution is -2.58. The summed E-state index contributed by atoms with van der Waals surface area (Å²) in [7, 11) is -3.90. The van der Waals surface area contributed by atoms with E-state index in [4.69, 9.17) is 14.2 Å². The largest absolute Gasteiger partial charge is 0.444 e. The van der Waals surface area contributed by atoms with E-state index in [1.807, 2.05) is 36.4 Å². The Morgan fingerprint density at radius 2 is 1.79 bits per heavy atom. The van der Waals surface area contributed by atoms with Gasteiger partial charge in [0.15, 0.2) is 0 Å². The smallest absolute Gasteiger partial charge is 0.410 e. The summed E-state index contributed by atoms with van der Waals surface area (Å²) in [5.41, 5.74) is 0.657. The van der Waals surface area contributed by atoms with Crippen LogP contribution < -0.4 is 15.4 Å². The highest BCUT2D eigenvalue weighted by Crippen LogP contribution is 2.46. The van der Waals surface area contributed by atoms with Gasteiger partial charge in [-0.05, 0) is 56.1 Å². The van der Waals surface area contributed by atoms with E-state index in [-0.39, 0.29) is 32.4 Å². The molecule has 2 saturated heterocycles. The van der Waals surface area contributed by atoms with Gasteiger partial charge in [-0.1, -0.05) is 49.3 Å². The van der Waals surface area contributed by atoms with Crippen LogP contribution in [-0.4, -0.2) is 110 Å². The second-order valence-corrected chi connectivity index (χ2v) is 16.7. The molecule has 0 aromatic heterocycles. The van der Waals surface area contributed by atoms with Gasteiger partial charge in [0, 0.05) is 31.8 Å². The molecule has 0 unspecified atom stereocenters. The first-order valence-corrected chi connectivity index (χ1v) is 20.0. The zero-order chi connectivity index (χ0) is 36.5. The van der Waals surface area contributed by atoms with Crippen molar-refractivity contribution in [1.29, 1.82) is 0 Å². The normalized spacial score (nSPS) is 30.8. The Kier molecular flexibility index (Phi) is 10.5. The van der Waals surface area contributed by atoms with Gasteiger partial charge in [0.25, 0.3) is 5.91 Å². The van der Waals surface area contributed by atoms with E-state index in [0.29, 0.717) is 58.2 Å². The van der Waals surface area contributed by atoms with Crippen LogP contribution in [0.25, 0.3) is 0 Å². The monoisotopic (exact) mass is 741 g/mol. The van der Waals surface area contributed by atoms with E-state index in [9.17, 15) is 32.4 Å². The molecule has 2 aliphatic carbocycles. The molecule has 0 bridgehead atoms. The number of allylic oxidation sites excluding steroid dienone is 1. The van der Waals surface area contributed by atoms with Crippen LogP contribution in [0.3, 0.4) is 0 Å². The number of nitrogens with zero attached hydrogens (tertiary/aromatic N) is 2. The van der Waals surface area contributed by atoms with E-state index in [0.717, 1.165) is 24.0 Å². The highest BCUT2D eigenvalue weighted by Gasteiger charge is 2.62. The fraction of sp³-hybridized carbons (Fsp3) is 0.639. The highest BCUT2D eigenvalue weighted by molar-refractivity contribution is 7.91. The Bertz CT molecular complexity index is 1710. The first-order chi connectivity index (χ1) is 25.0. The summed E-state index contributed by atoms with van der Waals surface area (Å²) in [6, 6.07) is 5.66. The molecule has 16 heteroatoms. The lowest BCUT2D eigenvalue weighted by Gasteiger charge is -2.30. The topological polar surface area (TPSA) is 190 Å². The van der Waals surface area contributed by atoms with Gasteiger partial charge in [0.1, 0.15) is 29.8 Å². The second kappa shape index (κ2) is 15.0. The number of hydrogen-bond donors (Lipinski definition) is 3. The maximum absolute atomic E-state index is 14.4. The van der Waals surface area contributed by atoms with Gasteiger partial charge in [-0.3, -0.25) is 19.1 Å². The lowest BCUT2D eigenvalue weighted by molar-refractivity contribution is -0.141. The number of nitrogens with one attached hydrogen (secondary N) is 3. The third kappa shape index (κ3) is 8.07. The molecule has 4 aliphatic heterocycles. The van der Waals surface area contributed by atoms with Gasteiger partial charge in [-0.25, -0.2) is 18.0 Å². The standard InChI is InChI=1S/C36H47N5O10S/c42-31-30-18-27(51-35(46)40-16-14-23-8-6-7-9-24(23)20-40)21-41(30)32(43)29(37-34(45)50-26-15-17-49-22-26)11-5-3-1-2-4-10-25-19-36(25,38-31)33(44)39-52(47,48)28-12-13-28/h4,6-10,25-30H,1-3,5,11-22H2,(H,37,45)(H,38,42)(H,39,44)/t25-,26-,27-,29+,30+,36-/m1/s1. The molecule has 282 valence electrons. The fourth-order valence-electron chi connectivity index (χ4n) is 7.65. The fourth-order valence-corrected chi connectivity index (χ4v) is 9.01. The van der Waals surface area contributed by atoms with Crippen molar-refractivity contribution in [2.45, 2.75) is 112 Å². The van der Waals surface area contributed by atoms with E-state index in [1.165, 1.54) is 4.90 Å². The van der Waals surface area contributed by atoms with Crippen LogP contribution in [-0.2, 0) is 51.6 Å². The van der Waals surface area contributed by atoms with Crippen molar-refractivity contribution in [2.75, 3.05) is 26.3 Å². The number of alkyl carbamates (subject to hydrolysis) is 1. The van der Waals surface area contributed by atoms with E-state index < -0.39 is 80.9 Å². The lowest BCUT2D eigenvalue weighted by atomic mass is 10.0. The van der Waals surface area contributed by atoms with Crippen LogP contribution in [0, 0.1) is 5.92 Å². The highest BCUT2D eigenvalue weighted by atomic mass is 32.2. The Hall–Kier alpha value is -4.18. The average molecular weight is 742 g/mol. The first-order valence-electron chi connectivity index (χ1n) is 18.4. The molecule has 5 amide bonds. The molecule has 4 heterocycles. The summed E-state index contributed by atoms with van der Waals surface area (Å²) < 4.78 is 44.5. The third-order valence-corrected chi connectivity index (χ3v) is 12.8.